The van der Waals surface area contributed by atoms with E-state index < -0.39 is 44.6 Å². The number of carbonyl (C=O) groups excluding carboxylic acids is 1. The third-order valence-corrected chi connectivity index (χ3v) is 3.86. The summed E-state index contributed by atoms with van der Waals surface area (Å²) < 4.78 is 10.4. The summed E-state index contributed by atoms with van der Waals surface area (Å²) in [6.07, 6.45) is 0. The zero-order valence-electron chi connectivity index (χ0n) is 15.1. The Bertz CT molecular complexity index is 882. The SMILES string of the molecule is CCOC(=O)C(c1ccccc1)C(C)(O)Oc1ccc([N+](=O)[O-])cc1[N+](=O)[O-]. The Morgan fingerprint density at radius 3 is 2.32 bits per heavy atom. The van der Waals surface area contributed by atoms with E-state index in [4.69, 9.17) is 9.47 Å². The average Bonchev–Trinajstić information content (AvgIpc) is 2.62. The number of ether oxygens (including phenoxy) is 2. The van der Waals surface area contributed by atoms with Gasteiger partial charge >= 0.3 is 11.7 Å². The molecular weight excluding hydrogens is 372 g/mol. The first kappa shape index (κ1) is 20.8. The van der Waals surface area contributed by atoms with Crippen molar-refractivity contribution in [3.8, 4) is 5.75 Å². The van der Waals surface area contributed by atoms with Crippen LogP contribution in [0.1, 0.15) is 25.3 Å². The van der Waals surface area contributed by atoms with Crippen molar-refractivity contribution in [1.82, 2.24) is 0 Å². The third-order valence-electron chi connectivity index (χ3n) is 3.86. The molecule has 0 aliphatic rings. The topological polar surface area (TPSA) is 142 Å². The lowest BCUT2D eigenvalue weighted by Crippen LogP contribution is -2.44. The van der Waals surface area contributed by atoms with Crippen LogP contribution in [0.25, 0.3) is 0 Å². The zero-order chi connectivity index (χ0) is 20.9. The predicted octanol–water partition coefficient (Wildman–Crippen LogP) is 2.94. The predicted molar refractivity (Wildman–Crippen MR) is 96.8 cm³/mol. The van der Waals surface area contributed by atoms with Gasteiger partial charge in [-0.2, -0.15) is 0 Å². The van der Waals surface area contributed by atoms with Crippen molar-refractivity contribution in [2.75, 3.05) is 6.61 Å². The van der Waals surface area contributed by atoms with Crippen LogP contribution >= 0.6 is 0 Å². The lowest BCUT2D eigenvalue weighted by Gasteiger charge is -2.31. The summed E-state index contributed by atoms with van der Waals surface area (Å²) >= 11 is 0. The molecule has 0 radical (unpaired) electrons. The Hall–Kier alpha value is -3.53. The summed E-state index contributed by atoms with van der Waals surface area (Å²) in [5.74, 6) is -4.77. The van der Waals surface area contributed by atoms with Crippen LogP contribution in [0.5, 0.6) is 5.75 Å². The maximum Gasteiger partial charge on any atom is 0.320 e. The van der Waals surface area contributed by atoms with Crippen molar-refractivity contribution in [2.24, 2.45) is 0 Å². The van der Waals surface area contributed by atoms with Crippen molar-refractivity contribution in [3.63, 3.8) is 0 Å². The van der Waals surface area contributed by atoms with Crippen molar-refractivity contribution in [3.05, 3.63) is 74.3 Å². The molecule has 2 atom stereocenters. The lowest BCUT2D eigenvalue weighted by molar-refractivity contribution is -0.395. The largest absolute Gasteiger partial charge is 0.465 e. The fourth-order valence-electron chi connectivity index (χ4n) is 2.66. The quantitative estimate of drug-likeness (QED) is 0.314. The van der Waals surface area contributed by atoms with Crippen LogP contribution in [0.2, 0.25) is 0 Å². The molecule has 2 aromatic rings. The number of nitrogens with zero attached hydrogens (tertiary/aromatic N) is 2. The van der Waals surface area contributed by atoms with Crippen LogP contribution in [0.4, 0.5) is 11.4 Å². The Morgan fingerprint density at radius 1 is 1.14 bits per heavy atom. The summed E-state index contributed by atoms with van der Waals surface area (Å²) in [6.45, 7) is 2.80. The van der Waals surface area contributed by atoms with Gasteiger partial charge < -0.3 is 14.6 Å². The van der Waals surface area contributed by atoms with Gasteiger partial charge in [0.2, 0.25) is 11.5 Å². The highest BCUT2D eigenvalue weighted by atomic mass is 16.7. The van der Waals surface area contributed by atoms with Crippen molar-refractivity contribution in [2.45, 2.75) is 25.6 Å². The van der Waals surface area contributed by atoms with Crippen LogP contribution in [0.15, 0.2) is 48.5 Å². The molecule has 0 saturated heterocycles. The van der Waals surface area contributed by atoms with Gasteiger partial charge in [-0.05, 0) is 18.6 Å². The molecule has 0 saturated carbocycles. The number of hydrogen-bond donors (Lipinski definition) is 1. The van der Waals surface area contributed by atoms with E-state index in [9.17, 15) is 30.1 Å². The van der Waals surface area contributed by atoms with Crippen LogP contribution in [0, 0.1) is 20.2 Å². The number of non-ortho nitro benzene ring substituents is 1. The van der Waals surface area contributed by atoms with Crippen LogP contribution in [-0.4, -0.2) is 33.3 Å². The lowest BCUT2D eigenvalue weighted by atomic mass is 9.91. The fourth-order valence-corrected chi connectivity index (χ4v) is 2.66. The number of aliphatic hydroxyl groups is 1. The molecule has 2 rings (SSSR count). The van der Waals surface area contributed by atoms with Gasteiger partial charge in [0.25, 0.3) is 5.69 Å². The zero-order valence-corrected chi connectivity index (χ0v) is 15.1. The molecule has 0 amide bonds. The normalized spacial score (nSPS) is 13.8. The number of carbonyl (C=O) groups is 1. The molecule has 148 valence electrons. The first-order valence-electron chi connectivity index (χ1n) is 8.23. The van der Waals surface area contributed by atoms with Crippen LogP contribution in [0.3, 0.4) is 0 Å². The smallest absolute Gasteiger partial charge is 0.320 e. The van der Waals surface area contributed by atoms with Crippen LogP contribution in [-0.2, 0) is 9.53 Å². The highest BCUT2D eigenvalue weighted by Crippen LogP contribution is 2.37. The van der Waals surface area contributed by atoms with Gasteiger partial charge in [0.15, 0.2) is 0 Å². The van der Waals surface area contributed by atoms with E-state index in [1.54, 1.807) is 37.3 Å². The first-order valence-corrected chi connectivity index (χ1v) is 8.23. The molecule has 0 aromatic heterocycles. The van der Waals surface area contributed by atoms with Crippen LogP contribution < -0.4 is 4.74 Å². The van der Waals surface area contributed by atoms with Crippen molar-refractivity contribution in [1.29, 1.82) is 0 Å². The Kier molecular flexibility index (Phi) is 6.26. The van der Waals surface area contributed by atoms with Gasteiger partial charge in [0.1, 0.15) is 5.92 Å². The summed E-state index contributed by atoms with van der Waals surface area (Å²) in [4.78, 5) is 32.9. The van der Waals surface area contributed by atoms with Gasteiger partial charge in [0.05, 0.1) is 22.5 Å². The maximum atomic E-state index is 12.5. The standard InChI is InChI=1S/C18H18N2O8/c1-3-27-17(21)16(12-7-5-4-6-8-12)18(2,22)28-15-10-9-13(19(23)24)11-14(15)20(25)26/h4-11,16,22H,3H2,1-2H3. The minimum absolute atomic E-state index is 0.0515. The number of nitro groups is 2. The molecule has 0 fully saturated rings. The molecular formula is C18H18N2O8. The molecule has 1 N–H and O–H groups in total. The fraction of sp³-hybridized carbons (Fsp3) is 0.278. The Labute approximate surface area is 159 Å². The second-order valence-corrected chi connectivity index (χ2v) is 5.92. The van der Waals surface area contributed by atoms with Gasteiger partial charge in [0, 0.05) is 13.0 Å². The third kappa shape index (κ3) is 4.60. The molecule has 2 unspecified atom stereocenters. The highest BCUT2D eigenvalue weighted by molar-refractivity contribution is 5.79. The number of nitro benzene ring substituents is 2. The number of hydrogen-bond acceptors (Lipinski definition) is 8. The van der Waals surface area contributed by atoms with Gasteiger partial charge in [-0.25, -0.2) is 0 Å². The molecule has 28 heavy (non-hydrogen) atoms. The van der Waals surface area contributed by atoms with E-state index in [0.29, 0.717) is 11.6 Å². The summed E-state index contributed by atoms with van der Waals surface area (Å²) in [7, 11) is 0. The minimum Gasteiger partial charge on any atom is -0.465 e. The first-order chi connectivity index (χ1) is 13.2. The summed E-state index contributed by atoms with van der Waals surface area (Å²) in [6, 6.07) is 10.9. The minimum atomic E-state index is -2.24. The van der Waals surface area contributed by atoms with E-state index >= 15 is 0 Å². The monoisotopic (exact) mass is 390 g/mol. The molecule has 0 aliphatic heterocycles. The molecule has 10 heteroatoms. The highest BCUT2D eigenvalue weighted by Gasteiger charge is 2.43. The van der Waals surface area contributed by atoms with Gasteiger partial charge in [-0.3, -0.25) is 25.0 Å². The van der Waals surface area contributed by atoms with Gasteiger partial charge in [-0.15, -0.1) is 0 Å². The molecule has 0 heterocycles. The van der Waals surface area contributed by atoms with Crippen molar-refractivity contribution >= 4 is 17.3 Å². The van der Waals surface area contributed by atoms with E-state index in [1.807, 2.05) is 0 Å². The Balaban J connectivity index is 2.47. The molecule has 0 bridgehead atoms. The second-order valence-electron chi connectivity index (χ2n) is 5.92. The maximum absolute atomic E-state index is 12.5. The summed E-state index contributed by atoms with van der Waals surface area (Å²) in [5, 5.41) is 33.0. The number of rotatable bonds is 8. The number of benzene rings is 2. The molecule has 0 aliphatic carbocycles. The van der Waals surface area contributed by atoms with Crippen molar-refractivity contribution < 1.29 is 29.2 Å². The molecule has 10 nitrogen and oxygen atoms in total. The Morgan fingerprint density at radius 2 is 1.79 bits per heavy atom. The molecule has 0 spiro atoms. The van der Waals surface area contributed by atoms with E-state index in [0.717, 1.165) is 19.1 Å². The average molecular weight is 390 g/mol. The van der Waals surface area contributed by atoms with E-state index in [2.05, 4.69) is 0 Å². The van der Waals surface area contributed by atoms with E-state index in [1.165, 1.54) is 0 Å². The summed E-state index contributed by atoms with van der Waals surface area (Å²) in [5.41, 5.74) is -0.857. The molecule has 2 aromatic carbocycles. The number of esters is 1. The van der Waals surface area contributed by atoms with E-state index in [-0.39, 0.29) is 6.61 Å². The van der Waals surface area contributed by atoms with Gasteiger partial charge in [-0.1, -0.05) is 30.3 Å². The second kappa shape index (κ2) is 8.44.